The highest BCUT2D eigenvalue weighted by molar-refractivity contribution is 7.89. The van der Waals surface area contributed by atoms with Crippen LogP contribution in [0, 0.1) is 21.4 Å². The first-order chi connectivity index (χ1) is 19.8. The van der Waals surface area contributed by atoms with Crippen molar-refractivity contribution in [3.63, 3.8) is 0 Å². The van der Waals surface area contributed by atoms with Crippen LogP contribution in [0.1, 0.15) is 18.1 Å². The second-order valence-corrected chi connectivity index (χ2v) is 11.8. The molecule has 3 aromatic carbocycles. The zero-order valence-corrected chi connectivity index (χ0v) is 23.5. The van der Waals surface area contributed by atoms with E-state index >= 15 is 0 Å². The SMILES string of the molecule is CC(=Nn1c(-c2ccc([N+](=O)[O-])cc2)csc1=Nc1ccc(S(=O)(=O)N2CCOCC2)cc1)c1ccc(C#N)cc1. The number of benzene rings is 3. The molecule has 5 rings (SSSR count). The van der Waals surface area contributed by atoms with E-state index in [1.54, 1.807) is 53.2 Å². The third-order valence-electron chi connectivity index (χ3n) is 6.41. The maximum absolute atomic E-state index is 13.0. The lowest BCUT2D eigenvalue weighted by molar-refractivity contribution is -0.384. The number of thiazole rings is 1. The molecule has 1 aliphatic rings. The van der Waals surface area contributed by atoms with Crippen LogP contribution in [0.15, 0.2) is 93.2 Å². The minimum Gasteiger partial charge on any atom is -0.379 e. The second-order valence-electron chi connectivity index (χ2n) is 9.02. The number of morpholine rings is 1. The quantitative estimate of drug-likeness (QED) is 0.176. The number of nitriles is 1. The number of non-ortho nitro benzene ring substituents is 1. The van der Waals surface area contributed by atoms with Gasteiger partial charge in [-0.2, -0.15) is 14.7 Å². The predicted octanol–water partition coefficient (Wildman–Crippen LogP) is 4.52. The van der Waals surface area contributed by atoms with E-state index < -0.39 is 14.9 Å². The third-order valence-corrected chi connectivity index (χ3v) is 9.14. The number of nitrogens with zero attached hydrogens (tertiary/aromatic N) is 6. The van der Waals surface area contributed by atoms with Crippen molar-refractivity contribution in [2.75, 3.05) is 26.3 Å². The molecule has 1 aliphatic heterocycles. The topological polar surface area (TPSA) is 143 Å². The molecule has 0 radical (unpaired) electrons. The number of hydrogen-bond acceptors (Lipinski definition) is 9. The van der Waals surface area contributed by atoms with Gasteiger partial charge in [-0.25, -0.2) is 18.1 Å². The standard InChI is InChI=1S/C28H24N6O5S2/c1-20(22-4-2-21(18-29)3-5-22)31-33-27(23-6-10-25(11-7-23)34(35)36)19-40-28(33)30-24-8-12-26(13-9-24)41(37,38)32-14-16-39-17-15-32/h2-13,19H,14-17H2,1H3. The lowest BCUT2D eigenvalue weighted by atomic mass is 10.1. The molecular formula is C28H24N6O5S2. The Morgan fingerprint density at radius 1 is 1.02 bits per heavy atom. The molecule has 0 spiro atoms. The van der Waals surface area contributed by atoms with Crippen molar-refractivity contribution in [1.29, 1.82) is 5.26 Å². The first kappa shape index (κ1) is 28.1. The van der Waals surface area contributed by atoms with E-state index in [0.717, 1.165) is 5.56 Å². The molecular weight excluding hydrogens is 564 g/mol. The second kappa shape index (κ2) is 11.9. The van der Waals surface area contributed by atoms with E-state index in [2.05, 4.69) is 6.07 Å². The highest BCUT2D eigenvalue weighted by atomic mass is 32.2. The van der Waals surface area contributed by atoms with E-state index in [4.69, 9.17) is 20.1 Å². The maximum Gasteiger partial charge on any atom is 0.269 e. The van der Waals surface area contributed by atoms with Gasteiger partial charge in [0.2, 0.25) is 14.8 Å². The average molecular weight is 589 g/mol. The summed E-state index contributed by atoms with van der Waals surface area (Å²) in [4.78, 5) is 16.1. The fourth-order valence-corrected chi connectivity index (χ4v) is 6.42. The van der Waals surface area contributed by atoms with Crippen LogP contribution in [0.5, 0.6) is 0 Å². The van der Waals surface area contributed by atoms with Gasteiger partial charge in [0.25, 0.3) is 5.69 Å². The molecule has 1 fully saturated rings. The predicted molar refractivity (Wildman–Crippen MR) is 154 cm³/mol. The number of ether oxygens (including phenoxy) is 1. The first-order valence-electron chi connectivity index (χ1n) is 12.5. The summed E-state index contributed by atoms with van der Waals surface area (Å²) in [5, 5.41) is 26.9. The Hall–Kier alpha value is -4.48. The number of nitro groups is 1. The van der Waals surface area contributed by atoms with Crippen LogP contribution in [-0.4, -0.2) is 54.3 Å². The third kappa shape index (κ3) is 6.16. The van der Waals surface area contributed by atoms with Gasteiger partial charge in [-0.1, -0.05) is 12.1 Å². The first-order valence-corrected chi connectivity index (χ1v) is 14.8. The van der Waals surface area contributed by atoms with Gasteiger partial charge in [0.15, 0.2) is 0 Å². The van der Waals surface area contributed by atoms with Crippen molar-refractivity contribution < 1.29 is 18.1 Å². The smallest absolute Gasteiger partial charge is 0.269 e. The van der Waals surface area contributed by atoms with Crippen molar-refractivity contribution in [3.05, 3.63) is 104 Å². The van der Waals surface area contributed by atoms with Gasteiger partial charge in [0.05, 0.1) is 51.8 Å². The van der Waals surface area contributed by atoms with Gasteiger partial charge in [-0.05, 0) is 61.0 Å². The molecule has 0 aliphatic carbocycles. The van der Waals surface area contributed by atoms with Crippen LogP contribution in [0.4, 0.5) is 11.4 Å². The van der Waals surface area contributed by atoms with Crippen molar-refractivity contribution in [3.8, 4) is 17.3 Å². The minimum absolute atomic E-state index is 0.0233. The molecule has 13 heteroatoms. The zero-order chi connectivity index (χ0) is 29.0. The molecule has 41 heavy (non-hydrogen) atoms. The number of hydrogen-bond donors (Lipinski definition) is 0. The average Bonchev–Trinajstić information content (AvgIpc) is 3.39. The van der Waals surface area contributed by atoms with Crippen LogP contribution in [0.2, 0.25) is 0 Å². The number of aromatic nitrogens is 1. The molecule has 2 heterocycles. The fraction of sp³-hybridized carbons (Fsp3) is 0.179. The van der Waals surface area contributed by atoms with Gasteiger partial charge in [0.1, 0.15) is 0 Å². The van der Waals surface area contributed by atoms with E-state index in [-0.39, 0.29) is 10.6 Å². The molecule has 1 aromatic heterocycles. The Labute approximate surface area is 240 Å². The monoisotopic (exact) mass is 588 g/mol. The van der Waals surface area contributed by atoms with Crippen molar-refractivity contribution >= 4 is 38.4 Å². The van der Waals surface area contributed by atoms with Gasteiger partial charge < -0.3 is 4.74 Å². The normalized spacial score (nSPS) is 15.0. The van der Waals surface area contributed by atoms with Crippen molar-refractivity contribution in [2.45, 2.75) is 11.8 Å². The highest BCUT2D eigenvalue weighted by Crippen LogP contribution is 2.25. The van der Waals surface area contributed by atoms with Crippen LogP contribution >= 0.6 is 11.3 Å². The molecule has 1 saturated heterocycles. The van der Waals surface area contributed by atoms with Crippen molar-refractivity contribution in [2.24, 2.45) is 10.1 Å². The summed E-state index contributed by atoms with van der Waals surface area (Å²) in [5.41, 5.74) is 3.88. The minimum atomic E-state index is -3.63. The Morgan fingerprint density at radius 2 is 1.68 bits per heavy atom. The Kier molecular flexibility index (Phi) is 8.18. The van der Waals surface area contributed by atoms with Crippen molar-refractivity contribution in [1.82, 2.24) is 8.98 Å². The lowest BCUT2D eigenvalue weighted by Gasteiger charge is -2.26. The molecule has 0 amide bonds. The highest BCUT2D eigenvalue weighted by Gasteiger charge is 2.26. The summed E-state index contributed by atoms with van der Waals surface area (Å²) in [6.07, 6.45) is 0. The number of nitro benzene ring substituents is 1. The summed E-state index contributed by atoms with van der Waals surface area (Å²) < 4.78 is 34.3. The van der Waals surface area contributed by atoms with Gasteiger partial charge in [-0.3, -0.25) is 10.1 Å². The summed E-state index contributed by atoms with van der Waals surface area (Å²) in [7, 11) is -3.63. The van der Waals surface area contributed by atoms with E-state index in [1.807, 2.05) is 12.3 Å². The molecule has 4 aromatic rings. The van der Waals surface area contributed by atoms with Gasteiger partial charge >= 0.3 is 0 Å². The van der Waals surface area contributed by atoms with Crippen LogP contribution in [-0.2, 0) is 14.8 Å². The van der Waals surface area contributed by atoms with Crippen LogP contribution < -0.4 is 4.80 Å². The van der Waals surface area contributed by atoms with E-state index in [1.165, 1.54) is 39.9 Å². The Bertz CT molecular complexity index is 1810. The lowest BCUT2D eigenvalue weighted by Crippen LogP contribution is -2.40. The van der Waals surface area contributed by atoms with E-state index in [9.17, 15) is 18.5 Å². The number of rotatable bonds is 7. The summed E-state index contributed by atoms with van der Waals surface area (Å²) in [6, 6.07) is 21.6. The molecule has 0 saturated carbocycles. The molecule has 0 N–H and O–H groups in total. The Balaban J connectivity index is 1.55. The van der Waals surface area contributed by atoms with E-state index in [0.29, 0.717) is 59.3 Å². The van der Waals surface area contributed by atoms with Crippen LogP contribution in [0.25, 0.3) is 11.3 Å². The summed E-state index contributed by atoms with van der Waals surface area (Å²) in [6.45, 7) is 3.19. The van der Waals surface area contributed by atoms with Gasteiger partial charge in [-0.15, -0.1) is 11.3 Å². The molecule has 11 nitrogen and oxygen atoms in total. The van der Waals surface area contributed by atoms with Gasteiger partial charge in [0, 0.05) is 36.2 Å². The molecule has 208 valence electrons. The molecule has 0 unspecified atom stereocenters. The number of sulfonamides is 1. The Morgan fingerprint density at radius 3 is 2.29 bits per heavy atom. The largest absolute Gasteiger partial charge is 0.379 e. The zero-order valence-electron chi connectivity index (χ0n) is 21.9. The fourth-order valence-electron chi connectivity index (χ4n) is 4.16. The molecule has 0 atom stereocenters. The summed E-state index contributed by atoms with van der Waals surface area (Å²) >= 11 is 1.32. The van der Waals surface area contributed by atoms with Crippen LogP contribution in [0.3, 0.4) is 0 Å². The summed E-state index contributed by atoms with van der Waals surface area (Å²) in [5.74, 6) is 0. The maximum atomic E-state index is 13.0. The molecule has 0 bridgehead atoms.